The summed E-state index contributed by atoms with van der Waals surface area (Å²) in [5.74, 6) is 1.03. The molecule has 0 unspecified atom stereocenters. The van der Waals surface area contributed by atoms with Crippen LogP contribution in [0.4, 0.5) is 5.69 Å². The molecule has 2 aliphatic rings. The maximum Gasteiger partial charge on any atom is 0.0366 e. The lowest BCUT2D eigenvalue weighted by Crippen LogP contribution is -2.42. The van der Waals surface area contributed by atoms with Crippen LogP contribution in [0.25, 0.3) is 0 Å². The van der Waals surface area contributed by atoms with E-state index in [4.69, 9.17) is 0 Å². The lowest BCUT2D eigenvalue weighted by Gasteiger charge is -2.46. The summed E-state index contributed by atoms with van der Waals surface area (Å²) in [7, 11) is 0. The first kappa shape index (κ1) is 13.0. The van der Waals surface area contributed by atoms with Gasteiger partial charge < -0.3 is 4.90 Å². The van der Waals surface area contributed by atoms with E-state index in [0.29, 0.717) is 5.41 Å². The molecule has 1 aromatic carbocycles. The fourth-order valence-corrected chi connectivity index (χ4v) is 4.08. The Morgan fingerprint density at radius 2 is 1.63 bits per heavy atom. The van der Waals surface area contributed by atoms with Crippen LogP contribution in [0.15, 0.2) is 30.3 Å². The number of anilines is 1. The molecule has 0 atom stereocenters. The maximum absolute atomic E-state index is 2.58. The van der Waals surface area contributed by atoms with Crippen LogP contribution in [0.3, 0.4) is 0 Å². The Kier molecular flexibility index (Phi) is 3.81. The molecule has 0 bridgehead atoms. The molecule has 1 nitrogen and oxygen atoms in total. The maximum atomic E-state index is 2.58. The number of benzene rings is 1. The van der Waals surface area contributed by atoms with Crippen molar-refractivity contribution in [3.63, 3.8) is 0 Å². The average molecular weight is 257 g/mol. The van der Waals surface area contributed by atoms with Crippen molar-refractivity contribution in [3.8, 4) is 0 Å². The Morgan fingerprint density at radius 3 is 2.21 bits per heavy atom. The fraction of sp³-hybridized carbons (Fsp3) is 0.667. The third-order valence-corrected chi connectivity index (χ3v) is 5.69. The molecular formula is C18H27N. The minimum absolute atomic E-state index is 0.705. The van der Waals surface area contributed by atoms with Crippen LogP contribution in [0.5, 0.6) is 0 Å². The van der Waals surface area contributed by atoms with Gasteiger partial charge in [0.2, 0.25) is 0 Å². The fourth-order valence-electron chi connectivity index (χ4n) is 4.08. The summed E-state index contributed by atoms with van der Waals surface area (Å²) in [4.78, 5) is 2.58. The van der Waals surface area contributed by atoms with Gasteiger partial charge in [0.15, 0.2) is 0 Å². The molecule has 0 radical (unpaired) electrons. The Bertz CT molecular complexity index is 379. The smallest absolute Gasteiger partial charge is 0.0366 e. The first-order valence-corrected chi connectivity index (χ1v) is 8.11. The molecule has 0 N–H and O–H groups in total. The molecular weight excluding hydrogens is 230 g/mol. The Hall–Kier alpha value is -0.980. The van der Waals surface area contributed by atoms with Gasteiger partial charge in [-0.1, -0.05) is 31.5 Å². The summed E-state index contributed by atoms with van der Waals surface area (Å²) >= 11 is 0. The Morgan fingerprint density at radius 1 is 1.00 bits per heavy atom. The molecule has 1 heterocycles. The third-order valence-electron chi connectivity index (χ3n) is 5.69. The SMILES string of the molecule is CCC1CCC2(CC1)CCN(c1ccccc1)CC2. The highest BCUT2D eigenvalue weighted by molar-refractivity contribution is 5.46. The number of hydrogen-bond acceptors (Lipinski definition) is 1. The summed E-state index contributed by atoms with van der Waals surface area (Å²) in [6, 6.07) is 10.9. The Labute approximate surface area is 118 Å². The molecule has 1 saturated heterocycles. The zero-order chi connectivity index (χ0) is 13.1. The number of para-hydroxylation sites is 1. The summed E-state index contributed by atoms with van der Waals surface area (Å²) in [5, 5.41) is 0. The normalized spacial score (nSPS) is 23.7. The van der Waals surface area contributed by atoms with E-state index in [2.05, 4.69) is 42.2 Å². The molecule has 104 valence electrons. The molecule has 1 aliphatic heterocycles. The van der Waals surface area contributed by atoms with Crippen LogP contribution in [0, 0.1) is 11.3 Å². The van der Waals surface area contributed by atoms with Gasteiger partial charge in [-0.2, -0.15) is 0 Å². The van der Waals surface area contributed by atoms with E-state index in [9.17, 15) is 0 Å². The van der Waals surface area contributed by atoms with E-state index in [1.54, 1.807) is 0 Å². The van der Waals surface area contributed by atoms with Crippen LogP contribution in [0.2, 0.25) is 0 Å². The van der Waals surface area contributed by atoms with Crippen molar-refractivity contribution in [2.75, 3.05) is 18.0 Å². The number of rotatable bonds is 2. The lowest BCUT2D eigenvalue weighted by molar-refractivity contribution is 0.112. The van der Waals surface area contributed by atoms with Crippen LogP contribution < -0.4 is 4.90 Å². The first-order valence-electron chi connectivity index (χ1n) is 8.11. The highest BCUT2D eigenvalue weighted by Gasteiger charge is 2.37. The lowest BCUT2D eigenvalue weighted by atomic mass is 9.65. The van der Waals surface area contributed by atoms with Crippen molar-refractivity contribution in [1.29, 1.82) is 0 Å². The van der Waals surface area contributed by atoms with Crippen molar-refractivity contribution in [3.05, 3.63) is 30.3 Å². The van der Waals surface area contributed by atoms with Crippen molar-refractivity contribution >= 4 is 5.69 Å². The van der Waals surface area contributed by atoms with E-state index in [0.717, 1.165) is 5.92 Å². The van der Waals surface area contributed by atoms with Gasteiger partial charge in [-0.3, -0.25) is 0 Å². The average Bonchev–Trinajstić information content (AvgIpc) is 2.50. The summed E-state index contributed by atoms with van der Waals surface area (Å²) < 4.78 is 0. The van der Waals surface area contributed by atoms with Crippen molar-refractivity contribution < 1.29 is 0 Å². The molecule has 19 heavy (non-hydrogen) atoms. The second-order valence-corrected chi connectivity index (χ2v) is 6.67. The highest BCUT2D eigenvalue weighted by Crippen LogP contribution is 2.47. The van der Waals surface area contributed by atoms with Gasteiger partial charge in [-0.05, 0) is 62.0 Å². The molecule has 1 aromatic rings. The third kappa shape index (κ3) is 2.80. The van der Waals surface area contributed by atoms with E-state index in [1.165, 1.54) is 63.7 Å². The zero-order valence-electron chi connectivity index (χ0n) is 12.3. The van der Waals surface area contributed by atoms with E-state index in [1.807, 2.05) is 0 Å². The van der Waals surface area contributed by atoms with Crippen LogP contribution >= 0.6 is 0 Å². The van der Waals surface area contributed by atoms with Gasteiger partial charge in [-0.25, -0.2) is 0 Å². The molecule has 3 rings (SSSR count). The van der Waals surface area contributed by atoms with Crippen molar-refractivity contribution in [1.82, 2.24) is 0 Å². The second-order valence-electron chi connectivity index (χ2n) is 6.67. The highest BCUT2D eigenvalue weighted by atomic mass is 15.1. The van der Waals surface area contributed by atoms with Gasteiger partial charge >= 0.3 is 0 Å². The number of nitrogens with zero attached hydrogens (tertiary/aromatic N) is 1. The number of hydrogen-bond donors (Lipinski definition) is 0. The van der Waals surface area contributed by atoms with Gasteiger partial charge in [0.1, 0.15) is 0 Å². The second kappa shape index (κ2) is 5.56. The van der Waals surface area contributed by atoms with E-state index in [-0.39, 0.29) is 0 Å². The summed E-state index contributed by atoms with van der Waals surface area (Å²) in [6.45, 7) is 4.89. The van der Waals surface area contributed by atoms with Gasteiger partial charge in [0.25, 0.3) is 0 Å². The molecule has 0 aromatic heterocycles. The summed E-state index contributed by atoms with van der Waals surface area (Å²) in [6.07, 6.45) is 10.2. The van der Waals surface area contributed by atoms with Gasteiger partial charge in [-0.15, -0.1) is 0 Å². The predicted molar refractivity (Wildman–Crippen MR) is 82.6 cm³/mol. The van der Waals surface area contributed by atoms with E-state index >= 15 is 0 Å². The first-order chi connectivity index (χ1) is 9.31. The van der Waals surface area contributed by atoms with Crippen LogP contribution in [-0.4, -0.2) is 13.1 Å². The van der Waals surface area contributed by atoms with Crippen molar-refractivity contribution in [2.45, 2.75) is 51.9 Å². The largest absolute Gasteiger partial charge is 0.371 e. The van der Waals surface area contributed by atoms with Crippen molar-refractivity contribution in [2.24, 2.45) is 11.3 Å². The van der Waals surface area contributed by atoms with Gasteiger partial charge in [0, 0.05) is 18.8 Å². The summed E-state index contributed by atoms with van der Waals surface area (Å²) in [5.41, 5.74) is 2.12. The number of piperidine rings is 1. The van der Waals surface area contributed by atoms with Crippen LogP contribution in [0.1, 0.15) is 51.9 Å². The molecule has 1 saturated carbocycles. The molecule has 0 amide bonds. The monoisotopic (exact) mass is 257 g/mol. The quantitative estimate of drug-likeness (QED) is 0.730. The minimum Gasteiger partial charge on any atom is -0.371 e. The molecule has 2 fully saturated rings. The van der Waals surface area contributed by atoms with E-state index < -0.39 is 0 Å². The van der Waals surface area contributed by atoms with Crippen LogP contribution in [-0.2, 0) is 0 Å². The molecule has 1 heteroatoms. The molecule has 1 aliphatic carbocycles. The Balaban J connectivity index is 1.58. The van der Waals surface area contributed by atoms with Gasteiger partial charge in [0.05, 0.1) is 0 Å². The molecule has 1 spiro atoms. The topological polar surface area (TPSA) is 3.24 Å². The predicted octanol–water partition coefficient (Wildman–Crippen LogP) is 4.87. The zero-order valence-corrected chi connectivity index (χ0v) is 12.3. The minimum atomic E-state index is 0.705. The standard InChI is InChI=1S/C18H27N/c1-2-16-8-10-18(11-9-16)12-14-19(15-13-18)17-6-4-3-5-7-17/h3-7,16H,2,8-15H2,1H3.